The molecule has 1 fully saturated rings. The molecule has 4 bridgehead atoms. The van der Waals surface area contributed by atoms with Crippen LogP contribution < -0.4 is 25.1 Å². The molecule has 2 amide bonds. The summed E-state index contributed by atoms with van der Waals surface area (Å²) >= 11 is 1.48. The lowest BCUT2D eigenvalue weighted by Crippen LogP contribution is -2.63. The third-order valence-corrected chi connectivity index (χ3v) is 9.96. The summed E-state index contributed by atoms with van der Waals surface area (Å²) < 4.78 is 16.8. The van der Waals surface area contributed by atoms with E-state index in [0.717, 1.165) is 35.0 Å². The highest BCUT2D eigenvalue weighted by molar-refractivity contribution is 7.97. The van der Waals surface area contributed by atoms with E-state index in [2.05, 4.69) is 73.3 Å². The molecule has 0 radical (unpaired) electrons. The third-order valence-electron chi connectivity index (χ3n) is 9.20. The molecule has 0 spiro atoms. The number of carbonyl (C=O) groups is 1. The molecule has 2 atom stereocenters. The predicted octanol–water partition coefficient (Wildman–Crippen LogP) is 7.13. The van der Waals surface area contributed by atoms with Crippen LogP contribution in [0.4, 0.5) is 10.5 Å². The lowest BCUT2D eigenvalue weighted by molar-refractivity contribution is 0.136. The average Bonchev–Trinajstić information content (AvgIpc) is 3.28. The summed E-state index contributed by atoms with van der Waals surface area (Å²) in [5.41, 5.74) is 8.72. The molecular formula is C33H45N5O3S. The van der Waals surface area contributed by atoms with Crippen LogP contribution in [-0.4, -0.2) is 53.2 Å². The van der Waals surface area contributed by atoms with Crippen molar-refractivity contribution in [3.8, 4) is 22.8 Å². The Morgan fingerprint density at radius 3 is 2.67 bits per heavy atom. The molecule has 2 aromatic carbocycles. The van der Waals surface area contributed by atoms with Gasteiger partial charge in [0.05, 0.1) is 30.6 Å². The van der Waals surface area contributed by atoms with Crippen LogP contribution in [-0.2, 0) is 6.54 Å². The number of fused-ring (bicyclic) bond motifs is 4. The molecule has 42 heavy (non-hydrogen) atoms. The molecule has 2 N–H and O–H groups in total. The Balaban J connectivity index is 1.64. The number of amides is 2. The van der Waals surface area contributed by atoms with Gasteiger partial charge in [0.25, 0.3) is 0 Å². The molecule has 1 unspecified atom stereocenters. The summed E-state index contributed by atoms with van der Waals surface area (Å²) in [5, 5.41) is 5.08. The van der Waals surface area contributed by atoms with Gasteiger partial charge in [-0.05, 0) is 81.3 Å². The number of hydrazine groups is 1. The Hall–Kier alpha value is -2.88. The van der Waals surface area contributed by atoms with E-state index in [1.54, 1.807) is 16.4 Å². The van der Waals surface area contributed by atoms with Gasteiger partial charge in [-0.3, -0.25) is 10.2 Å². The Morgan fingerprint density at radius 1 is 1.14 bits per heavy atom. The quantitative estimate of drug-likeness (QED) is 0.315. The van der Waals surface area contributed by atoms with Crippen molar-refractivity contribution in [3.05, 3.63) is 42.0 Å². The molecule has 3 aromatic rings. The summed E-state index contributed by atoms with van der Waals surface area (Å²) in [6, 6.07) is 12.8. The molecule has 3 heterocycles. The van der Waals surface area contributed by atoms with E-state index < -0.39 is 5.66 Å². The fourth-order valence-corrected chi connectivity index (χ4v) is 7.92. The molecule has 1 saturated carbocycles. The number of benzene rings is 2. The first-order valence-electron chi connectivity index (χ1n) is 15.4. The van der Waals surface area contributed by atoms with Gasteiger partial charge in [-0.2, -0.15) is 4.41 Å². The van der Waals surface area contributed by atoms with E-state index in [-0.39, 0.29) is 18.0 Å². The van der Waals surface area contributed by atoms with E-state index in [1.807, 2.05) is 13.1 Å². The van der Waals surface area contributed by atoms with Crippen LogP contribution in [0.15, 0.2) is 36.4 Å². The van der Waals surface area contributed by atoms with Crippen LogP contribution >= 0.6 is 11.9 Å². The zero-order valence-electron chi connectivity index (χ0n) is 25.8. The van der Waals surface area contributed by atoms with Crippen molar-refractivity contribution < 1.29 is 14.3 Å². The first-order valence-corrected chi connectivity index (χ1v) is 16.4. The third kappa shape index (κ3) is 5.24. The highest BCUT2D eigenvalue weighted by Gasteiger charge is 2.36. The van der Waals surface area contributed by atoms with Crippen molar-refractivity contribution in [1.82, 2.24) is 19.7 Å². The van der Waals surface area contributed by atoms with Gasteiger partial charge in [0.2, 0.25) is 0 Å². The monoisotopic (exact) mass is 591 g/mol. The number of hydrogen-bond donors (Lipinski definition) is 2. The maximum Gasteiger partial charge on any atom is 0.349 e. The predicted molar refractivity (Wildman–Crippen MR) is 172 cm³/mol. The number of anilines is 1. The van der Waals surface area contributed by atoms with E-state index in [0.29, 0.717) is 12.5 Å². The minimum Gasteiger partial charge on any atom is -0.493 e. The first-order chi connectivity index (χ1) is 20.2. The number of aromatic nitrogens is 1. The summed E-state index contributed by atoms with van der Waals surface area (Å²) in [4.78, 5) is 15.6. The van der Waals surface area contributed by atoms with Crippen molar-refractivity contribution in [2.45, 2.75) is 84.0 Å². The second-order valence-corrected chi connectivity index (χ2v) is 13.7. The normalized spacial score (nSPS) is 23.0. The highest BCUT2D eigenvalue weighted by Crippen LogP contribution is 2.49. The number of ether oxygens (including phenoxy) is 2. The number of nitrogens with zero attached hydrogens (tertiary/aromatic N) is 3. The van der Waals surface area contributed by atoms with Crippen molar-refractivity contribution in [1.29, 1.82) is 0 Å². The van der Waals surface area contributed by atoms with E-state index in [1.165, 1.54) is 66.2 Å². The molecule has 0 saturated heterocycles. The molecule has 8 nitrogen and oxygen atoms in total. The van der Waals surface area contributed by atoms with Gasteiger partial charge in [0, 0.05) is 47.9 Å². The largest absolute Gasteiger partial charge is 0.493 e. The number of para-hydroxylation sites is 1. The number of hydrogen-bond acceptors (Lipinski definition) is 6. The lowest BCUT2D eigenvalue weighted by Gasteiger charge is -2.39. The lowest BCUT2D eigenvalue weighted by atomic mass is 9.81. The standard InChI is InChI=1S/C33H45N5O3S/c1-7-42-38-32(39)36(5)24-16-17-25-27(18-24)37-19-23(21(2)34-33(3,4)35-38)20-41-31-26(14-11-15-28(31)40-6)30(37)29(25)22-12-9-8-10-13-22/h11,14-18,21-23,34-35H,7-10,12-13,19-20H2,1-6H3/t21?,23-/m0/s1. The molecule has 3 aliphatic rings. The van der Waals surface area contributed by atoms with Gasteiger partial charge in [0.15, 0.2) is 11.5 Å². The van der Waals surface area contributed by atoms with E-state index in [9.17, 15) is 4.79 Å². The Bertz CT molecular complexity index is 1460. The van der Waals surface area contributed by atoms with Gasteiger partial charge in [-0.1, -0.05) is 38.3 Å². The van der Waals surface area contributed by atoms with Crippen LogP contribution in [0.5, 0.6) is 11.5 Å². The van der Waals surface area contributed by atoms with Crippen LogP contribution in [0.3, 0.4) is 0 Å². The minimum atomic E-state index is -0.551. The molecule has 6 rings (SSSR count). The number of nitrogens with one attached hydrogen (secondary N) is 2. The van der Waals surface area contributed by atoms with Crippen LogP contribution in [0.1, 0.15) is 71.3 Å². The highest BCUT2D eigenvalue weighted by atomic mass is 32.2. The van der Waals surface area contributed by atoms with Gasteiger partial charge >= 0.3 is 6.03 Å². The molecular weight excluding hydrogens is 546 g/mol. The van der Waals surface area contributed by atoms with Gasteiger partial charge in [-0.15, -0.1) is 0 Å². The summed E-state index contributed by atoms with van der Waals surface area (Å²) in [7, 11) is 3.59. The van der Waals surface area contributed by atoms with Crippen molar-refractivity contribution in [3.63, 3.8) is 0 Å². The van der Waals surface area contributed by atoms with Crippen LogP contribution in [0.25, 0.3) is 22.2 Å². The number of methoxy groups -OCH3 is 1. The molecule has 9 heteroatoms. The zero-order chi connectivity index (χ0) is 29.6. The molecule has 1 aliphatic carbocycles. The Morgan fingerprint density at radius 2 is 1.93 bits per heavy atom. The van der Waals surface area contributed by atoms with Crippen molar-refractivity contribution in [2.24, 2.45) is 5.92 Å². The van der Waals surface area contributed by atoms with Gasteiger partial charge in [-0.25, -0.2) is 10.2 Å². The number of urea groups is 1. The molecule has 1 aromatic heterocycles. The fraction of sp³-hybridized carbons (Fsp3) is 0.545. The minimum absolute atomic E-state index is 0.0810. The maximum atomic E-state index is 13.9. The first kappa shape index (κ1) is 29.2. The second kappa shape index (κ2) is 11.7. The maximum absolute atomic E-state index is 13.9. The number of rotatable bonds is 4. The van der Waals surface area contributed by atoms with E-state index in [4.69, 9.17) is 9.47 Å². The smallest absolute Gasteiger partial charge is 0.349 e. The average molecular weight is 592 g/mol. The number of carbonyl (C=O) groups excluding carboxylic acids is 1. The summed E-state index contributed by atoms with van der Waals surface area (Å²) in [6.45, 7) is 9.80. The second-order valence-electron chi connectivity index (χ2n) is 12.5. The van der Waals surface area contributed by atoms with Gasteiger partial charge < -0.3 is 14.0 Å². The molecule has 226 valence electrons. The van der Waals surface area contributed by atoms with E-state index >= 15 is 0 Å². The SMILES string of the molecule is CCSN1NC(C)(C)NC(C)[C@@H]2COc3c(OC)cccc3-c3c(C4CCCCC4)c4ccc(cc4n3C2)N(C)C1=O. The van der Waals surface area contributed by atoms with Crippen molar-refractivity contribution in [2.75, 3.05) is 31.4 Å². The fourth-order valence-electron chi connectivity index (χ4n) is 7.13. The van der Waals surface area contributed by atoms with Crippen molar-refractivity contribution >= 4 is 34.6 Å². The summed E-state index contributed by atoms with van der Waals surface area (Å²) in [6.07, 6.45) is 6.19. The van der Waals surface area contributed by atoms with Crippen LogP contribution in [0.2, 0.25) is 0 Å². The zero-order valence-corrected chi connectivity index (χ0v) is 26.6. The topological polar surface area (TPSA) is 71.0 Å². The Labute approximate surface area is 254 Å². The van der Waals surface area contributed by atoms with Gasteiger partial charge in [0.1, 0.15) is 0 Å². The Kier molecular flexibility index (Phi) is 8.11. The molecule has 2 aliphatic heterocycles. The summed E-state index contributed by atoms with van der Waals surface area (Å²) in [5.74, 6) is 2.98. The van der Waals surface area contributed by atoms with Crippen LogP contribution in [0, 0.1) is 5.92 Å².